The Morgan fingerprint density at radius 1 is 1.04 bits per heavy atom. The summed E-state index contributed by atoms with van der Waals surface area (Å²) >= 11 is 0. The number of carboxylic acid groups (broad SMARTS) is 1. The summed E-state index contributed by atoms with van der Waals surface area (Å²) in [7, 11) is 3.06. The fourth-order valence-electron chi connectivity index (χ4n) is 2.08. The van der Waals surface area contributed by atoms with Crippen LogP contribution in [-0.4, -0.2) is 31.2 Å². The number of benzene rings is 1. The molecule has 1 amide bonds. The van der Waals surface area contributed by atoms with Gasteiger partial charge in [0.05, 0.1) is 11.1 Å². The molecule has 0 saturated heterocycles. The maximum Gasteiger partial charge on any atom is 0.336 e. The van der Waals surface area contributed by atoms with Crippen LogP contribution in [0.4, 0.5) is 0 Å². The molecule has 0 saturated carbocycles. The number of carboxylic acids is 1. The first-order valence-electron chi connectivity index (χ1n) is 6.77. The average Bonchev–Trinajstić information content (AvgIpc) is 2.57. The summed E-state index contributed by atoms with van der Waals surface area (Å²) in [4.78, 5) is 23.4. The number of hydrogen-bond acceptors (Lipinski definition) is 4. The lowest BCUT2D eigenvalue weighted by Crippen LogP contribution is -2.48. The first-order chi connectivity index (χ1) is 11.1. The number of carbonyl (C=O) groups excluding carboxylic acids is 1. The van der Waals surface area contributed by atoms with Crippen LogP contribution in [0.15, 0.2) is 48.8 Å². The Morgan fingerprint density at radius 2 is 1.61 bits per heavy atom. The molecule has 120 valence electrons. The monoisotopic (exact) mass is 317 g/mol. The summed E-state index contributed by atoms with van der Waals surface area (Å²) < 4.78 is 11.7. The Balaban J connectivity index is 2.16. The number of amides is 1. The van der Waals surface area contributed by atoms with Crippen LogP contribution >= 0.6 is 0 Å². The highest BCUT2D eigenvalue weighted by molar-refractivity contribution is 6.07. The summed E-state index contributed by atoms with van der Waals surface area (Å²) in [5, 5.41) is 9.12. The van der Waals surface area contributed by atoms with Crippen LogP contribution in [0, 0.1) is 0 Å². The number of carbonyl (C=O) groups is 2. The van der Waals surface area contributed by atoms with E-state index in [0.717, 1.165) is 5.56 Å². The third kappa shape index (κ3) is 3.91. The van der Waals surface area contributed by atoms with Crippen molar-refractivity contribution in [2.24, 2.45) is 0 Å². The van der Waals surface area contributed by atoms with Crippen molar-refractivity contribution in [3.05, 3.63) is 65.5 Å². The quantitative estimate of drug-likeness (QED) is 0.620. The minimum Gasteiger partial charge on any atom is -0.478 e. The first-order valence-corrected chi connectivity index (χ1v) is 6.77. The van der Waals surface area contributed by atoms with Gasteiger partial charge in [-0.25, -0.2) is 4.79 Å². The number of ether oxygens (including phenoxy) is 2. The van der Waals surface area contributed by atoms with E-state index < -0.39 is 18.2 Å². The summed E-state index contributed by atoms with van der Waals surface area (Å²) in [5.41, 5.74) is 3.40. The molecule has 2 rings (SSSR count). The number of methoxy groups -OCH3 is 2. The normalized spacial score (nSPS) is 10.6. The molecule has 7 nitrogen and oxygen atoms in total. The number of nitrogens with one attached hydrogen (secondary N) is 1. The van der Waals surface area contributed by atoms with E-state index in [-0.39, 0.29) is 11.1 Å². The molecule has 0 radical (unpaired) electrons. The highest BCUT2D eigenvalue weighted by Gasteiger charge is 2.19. The van der Waals surface area contributed by atoms with E-state index in [1.807, 2.05) is 0 Å². The zero-order valence-electron chi connectivity index (χ0n) is 12.7. The Bertz CT molecular complexity index is 696. The van der Waals surface area contributed by atoms with Gasteiger partial charge in [0.2, 0.25) is 0 Å². The number of aromatic nitrogens is 1. The second-order valence-electron chi connectivity index (χ2n) is 4.63. The second-order valence-corrected chi connectivity index (χ2v) is 4.63. The molecule has 0 aliphatic heterocycles. The van der Waals surface area contributed by atoms with Crippen molar-refractivity contribution in [2.75, 3.05) is 19.6 Å². The van der Waals surface area contributed by atoms with Gasteiger partial charge in [-0.1, -0.05) is 16.8 Å². The van der Waals surface area contributed by atoms with Crippen molar-refractivity contribution in [3.63, 3.8) is 0 Å². The molecular formula is C16H17N2O5+. The zero-order chi connectivity index (χ0) is 16.8. The fourth-order valence-corrected chi connectivity index (χ4v) is 2.08. The molecule has 1 aromatic heterocycles. The maximum atomic E-state index is 12.2. The van der Waals surface area contributed by atoms with Crippen LogP contribution in [-0.2, 0) is 9.47 Å². The van der Waals surface area contributed by atoms with Crippen LogP contribution in [0.25, 0.3) is 0 Å². The van der Waals surface area contributed by atoms with Gasteiger partial charge in [0.25, 0.3) is 0 Å². The molecule has 2 N–H and O–H groups in total. The molecule has 1 heterocycles. The lowest BCUT2D eigenvalue weighted by molar-refractivity contribution is -0.641. The molecule has 0 atom stereocenters. The molecule has 0 unspecified atom stereocenters. The van der Waals surface area contributed by atoms with Gasteiger partial charge in [-0.2, -0.15) is 0 Å². The van der Waals surface area contributed by atoms with Crippen LogP contribution in [0.1, 0.15) is 32.6 Å². The molecule has 1 aromatic carbocycles. The molecule has 0 bridgehead atoms. The Kier molecular flexibility index (Phi) is 5.40. The van der Waals surface area contributed by atoms with Crippen molar-refractivity contribution in [1.82, 2.24) is 0 Å². The van der Waals surface area contributed by atoms with E-state index in [2.05, 4.69) is 5.43 Å². The Morgan fingerprint density at radius 3 is 2.13 bits per heavy atom. The van der Waals surface area contributed by atoms with Crippen LogP contribution < -0.4 is 10.1 Å². The summed E-state index contributed by atoms with van der Waals surface area (Å²) in [5.74, 6) is -1.67. The molecule has 2 aromatic rings. The van der Waals surface area contributed by atoms with Gasteiger partial charge >= 0.3 is 11.9 Å². The smallest absolute Gasteiger partial charge is 0.336 e. The molecule has 0 aliphatic rings. The maximum absolute atomic E-state index is 12.2. The third-order valence-electron chi connectivity index (χ3n) is 3.19. The molecule has 23 heavy (non-hydrogen) atoms. The predicted molar refractivity (Wildman–Crippen MR) is 80.5 cm³/mol. The topological polar surface area (TPSA) is 88.7 Å². The standard InChI is InChI=1S/C16H16N2O5/c1-22-16(23-2)11-7-9-18(10-8-11)17-14(19)12-5-3-4-6-13(12)15(20)21/h3-10,16H,1-2H3,(H-,17,19,20,21)/p+1. The van der Waals surface area contributed by atoms with Crippen molar-refractivity contribution < 1.29 is 28.8 Å². The minimum absolute atomic E-state index is 0.0546. The molecule has 0 fully saturated rings. The van der Waals surface area contributed by atoms with E-state index in [4.69, 9.17) is 14.6 Å². The van der Waals surface area contributed by atoms with Gasteiger partial charge in [0.1, 0.15) is 0 Å². The fraction of sp³-hybridized carbons (Fsp3) is 0.188. The lowest BCUT2D eigenvalue weighted by atomic mass is 10.1. The molecular weight excluding hydrogens is 300 g/mol. The van der Waals surface area contributed by atoms with E-state index in [9.17, 15) is 9.59 Å². The predicted octanol–water partition coefficient (Wildman–Crippen LogP) is 1.35. The van der Waals surface area contributed by atoms with Crippen LogP contribution in [0.5, 0.6) is 0 Å². The van der Waals surface area contributed by atoms with E-state index in [0.29, 0.717) is 0 Å². The number of pyridine rings is 1. The number of aromatic carboxylic acids is 1. The second kappa shape index (κ2) is 7.48. The molecule has 7 heteroatoms. The van der Waals surface area contributed by atoms with Crippen molar-refractivity contribution in [2.45, 2.75) is 6.29 Å². The molecule has 0 spiro atoms. The SMILES string of the molecule is COC(OC)c1cc[n+](NC(=O)c2ccccc2C(=O)O)cc1. The third-order valence-corrected chi connectivity index (χ3v) is 3.19. The van der Waals surface area contributed by atoms with E-state index in [1.165, 1.54) is 31.0 Å². The first kappa shape index (κ1) is 16.6. The van der Waals surface area contributed by atoms with Crippen LogP contribution in [0.2, 0.25) is 0 Å². The van der Waals surface area contributed by atoms with Gasteiger partial charge in [-0.05, 0) is 12.1 Å². The van der Waals surface area contributed by atoms with Gasteiger partial charge in [-0.3, -0.25) is 4.79 Å². The number of nitrogens with zero attached hydrogens (tertiary/aromatic N) is 1. The van der Waals surface area contributed by atoms with Crippen LogP contribution in [0.3, 0.4) is 0 Å². The molecule has 0 aliphatic carbocycles. The number of rotatable bonds is 6. The summed E-state index contributed by atoms with van der Waals surface area (Å²) in [6.07, 6.45) is 2.73. The van der Waals surface area contributed by atoms with Crippen molar-refractivity contribution in [1.29, 1.82) is 0 Å². The number of hydrogen-bond donors (Lipinski definition) is 2. The average molecular weight is 317 g/mol. The highest BCUT2D eigenvalue weighted by Crippen LogP contribution is 2.14. The minimum atomic E-state index is -1.15. The lowest BCUT2D eigenvalue weighted by Gasteiger charge is -2.12. The largest absolute Gasteiger partial charge is 0.478 e. The Hall–Kier alpha value is -2.77. The summed E-state index contributed by atoms with van der Waals surface area (Å²) in [6.45, 7) is 0. The Labute approximate surface area is 133 Å². The van der Waals surface area contributed by atoms with E-state index >= 15 is 0 Å². The van der Waals surface area contributed by atoms with E-state index in [1.54, 1.807) is 36.7 Å². The van der Waals surface area contributed by atoms with Crippen molar-refractivity contribution >= 4 is 11.9 Å². The summed E-state index contributed by atoms with van der Waals surface area (Å²) in [6, 6.07) is 9.46. The van der Waals surface area contributed by atoms with Gasteiger partial charge < -0.3 is 14.6 Å². The van der Waals surface area contributed by atoms with Crippen molar-refractivity contribution in [3.8, 4) is 0 Å². The van der Waals surface area contributed by atoms with Gasteiger partial charge in [-0.15, -0.1) is 5.43 Å². The zero-order valence-corrected chi connectivity index (χ0v) is 12.7. The van der Waals surface area contributed by atoms with Gasteiger partial charge in [0.15, 0.2) is 18.7 Å². The van der Waals surface area contributed by atoms with Gasteiger partial charge in [0, 0.05) is 31.9 Å². The highest BCUT2D eigenvalue weighted by atomic mass is 16.7.